The molecule has 1 saturated heterocycles. The first-order valence-electron chi connectivity index (χ1n) is 6.47. The van der Waals surface area contributed by atoms with E-state index in [0.717, 1.165) is 18.0 Å². The van der Waals surface area contributed by atoms with Crippen molar-refractivity contribution in [3.8, 4) is 0 Å². The highest BCUT2D eigenvalue weighted by molar-refractivity contribution is 7.14. The highest BCUT2D eigenvalue weighted by atomic mass is 32.1. The number of aryl methyl sites for hydroxylation is 1. The Hall–Kier alpha value is -0.670. The van der Waals surface area contributed by atoms with E-state index in [1.807, 2.05) is 12.1 Å². The fourth-order valence-corrected chi connectivity index (χ4v) is 3.32. The van der Waals surface area contributed by atoms with E-state index in [1.165, 1.54) is 17.7 Å². The third-order valence-electron chi connectivity index (χ3n) is 3.66. The monoisotopic (exact) mass is 251 g/mol. The zero-order valence-electron chi connectivity index (χ0n) is 10.7. The SMILES string of the molecule is Cc1ccc(C(=O)CC(C)C2CCCNC2)s1. The number of piperidine rings is 1. The topological polar surface area (TPSA) is 29.1 Å². The summed E-state index contributed by atoms with van der Waals surface area (Å²) in [6.45, 7) is 6.49. The number of carbonyl (C=O) groups excluding carboxylic acids is 1. The van der Waals surface area contributed by atoms with Gasteiger partial charge in [-0.2, -0.15) is 0 Å². The zero-order valence-corrected chi connectivity index (χ0v) is 11.5. The molecule has 1 N–H and O–H groups in total. The van der Waals surface area contributed by atoms with Crippen molar-refractivity contribution in [2.24, 2.45) is 11.8 Å². The second-order valence-electron chi connectivity index (χ2n) is 5.12. The standard InChI is InChI=1S/C14H21NOS/c1-10(12-4-3-7-15-9-12)8-13(16)14-6-5-11(2)17-14/h5-6,10,12,15H,3-4,7-9H2,1-2H3. The van der Waals surface area contributed by atoms with Gasteiger partial charge >= 0.3 is 0 Å². The highest BCUT2D eigenvalue weighted by Gasteiger charge is 2.22. The highest BCUT2D eigenvalue weighted by Crippen LogP contribution is 2.25. The number of hydrogen-bond acceptors (Lipinski definition) is 3. The number of hydrogen-bond donors (Lipinski definition) is 1. The van der Waals surface area contributed by atoms with Crippen LogP contribution in [0.1, 0.15) is 40.7 Å². The quantitative estimate of drug-likeness (QED) is 0.832. The van der Waals surface area contributed by atoms with Crippen molar-refractivity contribution in [2.75, 3.05) is 13.1 Å². The molecule has 0 amide bonds. The average Bonchev–Trinajstić information content (AvgIpc) is 2.77. The number of nitrogens with one attached hydrogen (secondary N) is 1. The molecule has 1 aromatic heterocycles. The second-order valence-corrected chi connectivity index (χ2v) is 6.41. The van der Waals surface area contributed by atoms with Crippen LogP contribution in [0, 0.1) is 18.8 Å². The lowest BCUT2D eigenvalue weighted by molar-refractivity contribution is 0.0947. The molecule has 2 rings (SSSR count). The van der Waals surface area contributed by atoms with Gasteiger partial charge in [-0.05, 0) is 56.8 Å². The van der Waals surface area contributed by atoms with Crippen molar-refractivity contribution in [3.63, 3.8) is 0 Å². The van der Waals surface area contributed by atoms with Gasteiger partial charge in [-0.15, -0.1) is 11.3 Å². The molecule has 2 unspecified atom stereocenters. The van der Waals surface area contributed by atoms with E-state index < -0.39 is 0 Å². The predicted molar refractivity (Wildman–Crippen MR) is 72.8 cm³/mol. The van der Waals surface area contributed by atoms with Crippen molar-refractivity contribution in [3.05, 3.63) is 21.9 Å². The van der Waals surface area contributed by atoms with Gasteiger partial charge in [-0.3, -0.25) is 4.79 Å². The lowest BCUT2D eigenvalue weighted by atomic mass is 9.84. The molecule has 2 atom stereocenters. The van der Waals surface area contributed by atoms with Crippen LogP contribution >= 0.6 is 11.3 Å². The summed E-state index contributed by atoms with van der Waals surface area (Å²) in [4.78, 5) is 14.3. The lowest BCUT2D eigenvalue weighted by Crippen LogP contribution is -2.33. The van der Waals surface area contributed by atoms with Gasteiger partial charge in [0.1, 0.15) is 0 Å². The molecule has 0 spiro atoms. The largest absolute Gasteiger partial charge is 0.316 e. The molecule has 0 saturated carbocycles. The van der Waals surface area contributed by atoms with E-state index in [0.29, 0.717) is 24.0 Å². The minimum Gasteiger partial charge on any atom is -0.316 e. The average molecular weight is 251 g/mol. The molecular formula is C14H21NOS. The van der Waals surface area contributed by atoms with Crippen molar-refractivity contribution < 1.29 is 4.79 Å². The van der Waals surface area contributed by atoms with Crippen molar-refractivity contribution >= 4 is 17.1 Å². The zero-order chi connectivity index (χ0) is 12.3. The van der Waals surface area contributed by atoms with Gasteiger partial charge in [0.2, 0.25) is 0 Å². The van der Waals surface area contributed by atoms with E-state index in [1.54, 1.807) is 11.3 Å². The lowest BCUT2D eigenvalue weighted by Gasteiger charge is -2.27. The van der Waals surface area contributed by atoms with Gasteiger partial charge < -0.3 is 5.32 Å². The van der Waals surface area contributed by atoms with E-state index in [-0.39, 0.29) is 0 Å². The van der Waals surface area contributed by atoms with Gasteiger partial charge in [-0.1, -0.05) is 6.92 Å². The van der Waals surface area contributed by atoms with Crippen LogP contribution in [0.15, 0.2) is 12.1 Å². The van der Waals surface area contributed by atoms with Gasteiger partial charge in [0.15, 0.2) is 5.78 Å². The van der Waals surface area contributed by atoms with E-state index in [9.17, 15) is 4.79 Å². The Morgan fingerprint density at radius 3 is 3.00 bits per heavy atom. The molecule has 1 aliphatic heterocycles. The first kappa shape index (κ1) is 12.8. The Morgan fingerprint density at radius 1 is 1.59 bits per heavy atom. The third kappa shape index (κ3) is 3.39. The molecule has 0 bridgehead atoms. The van der Waals surface area contributed by atoms with Gasteiger partial charge in [0.05, 0.1) is 4.88 Å². The van der Waals surface area contributed by atoms with Crippen LogP contribution in [0.2, 0.25) is 0 Å². The number of ketones is 1. The second kappa shape index (κ2) is 5.78. The minimum absolute atomic E-state index is 0.321. The van der Waals surface area contributed by atoms with Crippen LogP contribution < -0.4 is 5.32 Å². The normalized spacial score (nSPS) is 22.4. The number of carbonyl (C=O) groups is 1. The summed E-state index contributed by atoms with van der Waals surface area (Å²) < 4.78 is 0. The summed E-state index contributed by atoms with van der Waals surface area (Å²) in [5.41, 5.74) is 0. The molecule has 1 aliphatic rings. The summed E-state index contributed by atoms with van der Waals surface area (Å²) in [6, 6.07) is 4.00. The van der Waals surface area contributed by atoms with E-state index >= 15 is 0 Å². The van der Waals surface area contributed by atoms with Crippen LogP contribution in [0.4, 0.5) is 0 Å². The van der Waals surface area contributed by atoms with Crippen molar-refractivity contribution in [1.29, 1.82) is 0 Å². The number of rotatable bonds is 4. The molecule has 3 heteroatoms. The number of Topliss-reactive ketones (excluding diaryl/α,β-unsaturated/α-hetero) is 1. The van der Waals surface area contributed by atoms with Crippen LogP contribution in [0.5, 0.6) is 0 Å². The number of thiophene rings is 1. The summed E-state index contributed by atoms with van der Waals surface area (Å²) in [5, 5.41) is 3.42. The van der Waals surface area contributed by atoms with Gasteiger partial charge in [-0.25, -0.2) is 0 Å². The minimum atomic E-state index is 0.321. The summed E-state index contributed by atoms with van der Waals surface area (Å²) in [6.07, 6.45) is 3.22. The summed E-state index contributed by atoms with van der Waals surface area (Å²) in [5.74, 6) is 1.49. The van der Waals surface area contributed by atoms with Crippen molar-refractivity contribution in [2.45, 2.75) is 33.1 Å². The molecule has 0 aromatic carbocycles. The molecule has 0 radical (unpaired) electrons. The molecule has 94 valence electrons. The Labute approximate surface area is 107 Å². The molecule has 17 heavy (non-hydrogen) atoms. The molecular weight excluding hydrogens is 230 g/mol. The fraction of sp³-hybridized carbons (Fsp3) is 0.643. The van der Waals surface area contributed by atoms with Gasteiger partial charge in [0.25, 0.3) is 0 Å². The van der Waals surface area contributed by atoms with E-state index in [4.69, 9.17) is 0 Å². The van der Waals surface area contributed by atoms with Crippen LogP contribution in [0.25, 0.3) is 0 Å². The smallest absolute Gasteiger partial charge is 0.173 e. The Bertz CT molecular complexity index is 379. The molecule has 1 aromatic rings. The Balaban J connectivity index is 1.89. The molecule has 2 nitrogen and oxygen atoms in total. The first-order valence-corrected chi connectivity index (χ1v) is 7.29. The van der Waals surface area contributed by atoms with Gasteiger partial charge in [0, 0.05) is 11.3 Å². The molecule has 0 aliphatic carbocycles. The Kier molecular flexibility index (Phi) is 4.35. The summed E-state index contributed by atoms with van der Waals surface area (Å²) >= 11 is 1.62. The van der Waals surface area contributed by atoms with Crippen LogP contribution in [-0.4, -0.2) is 18.9 Å². The maximum atomic E-state index is 12.1. The summed E-state index contributed by atoms with van der Waals surface area (Å²) in [7, 11) is 0. The molecule has 1 fully saturated rings. The maximum Gasteiger partial charge on any atom is 0.173 e. The first-order chi connectivity index (χ1) is 8.16. The van der Waals surface area contributed by atoms with Crippen molar-refractivity contribution in [1.82, 2.24) is 5.32 Å². The molecule has 2 heterocycles. The van der Waals surface area contributed by atoms with Crippen LogP contribution in [-0.2, 0) is 0 Å². The van der Waals surface area contributed by atoms with E-state index in [2.05, 4.69) is 19.2 Å². The fourth-order valence-electron chi connectivity index (χ4n) is 2.51. The predicted octanol–water partition coefficient (Wildman–Crippen LogP) is 3.27. The third-order valence-corrected chi connectivity index (χ3v) is 4.70. The maximum absolute atomic E-state index is 12.1. The Morgan fingerprint density at radius 2 is 2.41 bits per heavy atom. The van der Waals surface area contributed by atoms with Crippen LogP contribution in [0.3, 0.4) is 0 Å².